The number of phenolic OH excluding ortho intramolecular Hbond substituents is 1. The van der Waals surface area contributed by atoms with Crippen LogP contribution in [0.1, 0.15) is 43.4 Å². The average molecular weight is 223 g/mol. The van der Waals surface area contributed by atoms with Crippen molar-refractivity contribution in [2.75, 3.05) is 0 Å². The van der Waals surface area contributed by atoms with Crippen LogP contribution in [0.15, 0.2) is 18.2 Å². The molecule has 4 N–H and O–H groups in total. The minimum absolute atomic E-state index is 0.0538. The Hall–Kier alpha value is -1.55. The predicted molar refractivity (Wildman–Crippen MR) is 61.4 cm³/mol. The maximum Gasteiger partial charge on any atom is 0.305 e. The third-order valence-corrected chi connectivity index (χ3v) is 2.51. The van der Waals surface area contributed by atoms with Crippen molar-refractivity contribution in [1.82, 2.24) is 0 Å². The molecule has 0 aliphatic heterocycles. The van der Waals surface area contributed by atoms with Crippen molar-refractivity contribution in [3.05, 3.63) is 29.3 Å². The van der Waals surface area contributed by atoms with Crippen LogP contribution < -0.4 is 5.73 Å². The summed E-state index contributed by atoms with van der Waals surface area (Å²) in [4.78, 5) is 10.6. The van der Waals surface area contributed by atoms with E-state index in [0.717, 1.165) is 5.56 Å². The molecule has 0 radical (unpaired) electrons. The summed E-state index contributed by atoms with van der Waals surface area (Å²) in [6, 6.07) is 4.48. The third kappa shape index (κ3) is 2.97. The standard InChI is InChI=1S/C12H17NO3/c1-7(2)8-3-4-11(14)9(5-8)10(13)6-12(15)16/h3-5,7,10,14H,6,13H2,1-2H3,(H,15,16). The zero-order valence-electron chi connectivity index (χ0n) is 9.47. The number of carboxylic acids is 1. The van der Waals surface area contributed by atoms with Gasteiger partial charge in [-0.1, -0.05) is 26.0 Å². The van der Waals surface area contributed by atoms with E-state index in [1.807, 2.05) is 19.9 Å². The van der Waals surface area contributed by atoms with Crippen LogP contribution >= 0.6 is 0 Å². The monoisotopic (exact) mass is 223 g/mol. The molecule has 0 aromatic heterocycles. The van der Waals surface area contributed by atoms with Crippen LogP contribution in [-0.2, 0) is 4.79 Å². The zero-order valence-corrected chi connectivity index (χ0v) is 9.47. The van der Waals surface area contributed by atoms with E-state index in [1.54, 1.807) is 12.1 Å². The molecule has 1 atom stereocenters. The molecule has 0 bridgehead atoms. The van der Waals surface area contributed by atoms with Gasteiger partial charge in [-0.3, -0.25) is 4.79 Å². The van der Waals surface area contributed by atoms with Crippen LogP contribution in [0.5, 0.6) is 5.75 Å². The molecule has 4 heteroatoms. The molecule has 4 nitrogen and oxygen atoms in total. The Morgan fingerprint density at radius 2 is 2.06 bits per heavy atom. The fraction of sp³-hybridized carbons (Fsp3) is 0.417. The summed E-state index contributed by atoms with van der Waals surface area (Å²) < 4.78 is 0. The number of hydrogen-bond acceptors (Lipinski definition) is 3. The normalized spacial score (nSPS) is 12.8. The molecule has 0 aliphatic carbocycles. The average Bonchev–Trinajstić information content (AvgIpc) is 2.16. The first-order valence-electron chi connectivity index (χ1n) is 5.22. The molecule has 0 aliphatic rings. The number of carbonyl (C=O) groups is 1. The quantitative estimate of drug-likeness (QED) is 0.728. The van der Waals surface area contributed by atoms with Gasteiger partial charge in [0.1, 0.15) is 5.75 Å². The minimum atomic E-state index is -0.971. The summed E-state index contributed by atoms with van der Waals surface area (Å²) in [5.41, 5.74) is 7.25. The summed E-state index contributed by atoms with van der Waals surface area (Å²) in [5.74, 6) is -0.601. The molecular weight excluding hydrogens is 206 g/mol. The lowest BCUT2D eigenvalue weighted by Crippen LogP contribution is -2.15. The number of aliphatic carboxylic acids is 1. The number of rotatable bonds is 4. The number of hydrogen-bond donors (Lipinski definition) is 3. The first-order valence-corrected chi connectivity index (χ1v) is 5.22. The van der Waals surface area contributed by atoms with Crippen molar-refractivity contribution in [3.8, 4) is 5.75 Å². The van der Waals surface area contributed by atoms with Crippen LogP contribution in [0.4, 0.5) is 0 Å². The molecule has 0 spiro atoms. The summed E-state index contributed by atoms with van der Waals surface area (Å²) in [7, 11) is 0. The van der Waals surface area contributed by atoms with E-state index in [2.05, 4.69) is 0 Å². The molecule has 0 amide bonds. The Labute approximate surface area is 94.7 Å². The SMILES string of the molecule is CC(C)c1ccc(O)c(C(N)CC(=O)O)c1. The van der Waals surface area contributed by atoms with Crippen molar-refractivity contribution >= 4 is 5.97 Å². The van der Waals surface area contributed by atoms with Gasteiger partial charge in [0.05, 0.1) is 6.42 Å². The van der Waals surface area contributed by atoms with E-state index >= 15 is 0 Å². The first kappa shape index (κ1) is 12.5. The Morgan fingerprint density at radius 1 is 1.44 bits per heavy atom. The smallest absolute Gasteiger partial charge is 0.305 e. The second-order valence-corrected chi connectivity index (χ2v) is 4.18. The highest BCUT2D eigenvalue weighted by atomic mass is 16.4. The lowest BCUT2D eigenvalue weighted by molar-refractivity contribution is -0.137. The number of benzene rings is 1. The summed E-state index contributed by atoms with van der Waals surface area (Å²) in [6.45, 7) is 4.05. The number of aromatic hydroxyl groups is 1. The Bertz CT molecular complexity index is 388. The van der Waals surface area contributed by atoms with Gasteiger partial charge in [-0.15, -0.1) is 0 Å². The summed E-state index contributed by atoms with van der Waals surface area (Å²) in [5, 5.41) is 18.3. The molecule has 16 heavy (non-hydrogen) atoms. The zero-order chi connectivity index (χ0) is 12.3. The molecule has 0 saturated carbocycles. The second kappa shape index (κ2) is 4.99. The van der Waals surface area contributed by atoms with Crippen LogP contribution in [0.3, 0.4) is 0 Å². The van der Waals surface area contributed by atoms with Gasteiger partial charge in [0, 0.05) is 11.6 Å². The topological polar surface area (TPSA) is 83.5 Å². The highest BCUT2D eigenvalue weighted by Gasteiger charge is 2.15. The molecule has 1 rings (SSSR count). The van der Waals surface area contributed by atoms with Crippen LogP contribution in [-0.4, -0.2) is 16.2 Å². The van der Waals surface area contributed by atoms with Crippen LogP contribution in [0.2, 0.25) is 0 Å². The molecular formula is C12H17NO3. The van der Waals surface area contributed by atoms with Crippen LogP contribution in [0, 0.1) is 0 Å². The third-order valence-electron chi connectivity index (χ3n) is 2.51. The van der Waals surface area contributed by atoms with Gasteiger partial charge >= 0.3 is 5.97 Å². The fourth-order valence-electron chi connectivity index (χ4n) is 1.53. The van der Waals surface area contributed by atoms with Gasteiger partial charge in [0.2, 0.25) is 0 Å². The fourth-order valence-corrected chi connectivity index (χ4v) is 1.53. The highest BCUT2D eigenvalue weighted by Crippen LogP contribution is 2.28. The Kier molecular flexibility index (Phi) is 3.90. The molecule has 0 saturated heterocycles. The van der Waals surface area contributed by atoms with Crippen molar-refractivity contribution in [2.45, 2.75) is 32.2 Å². The van der Waals surface area contributed by atoms with E-state index in [9.17, 15) is 9.90 Å². The predicted octanol–water partition coefficient (Wildman–Crippen LogP) is 1.99. The van der Waals surface area contributed by atoms with E-state index in [-0.39, 0.29) is 12.2 Å². The van der Waals surface area contributed by atoms with E-state index in [4.69, 9.17) is 10.8 Å². The maximum atomic E-state index is 10.6. The lowest BCUT2D eigenvalue weighted by Gasteiger charge is -2.14. The van der Waals surface area contributed by atoms with Crippen molar-refractivity contribution in [2.24, 2.45) is 5.73 Å². The summed E-state index contributed by atoms with van der Waals surface area (Å²) >= 11 is 0. The largest absolute Gasteiger partial charge is 0.508 e. The highest BCUT2D eigenvalue weighted by molar-refractivity contribution is 5.68. The summed E-state index contributed by atoms with van der Waals surface area (Å²) in [6.07, 6.45) is -0.185. The minimum Gasteiger partial charge on any atom is -0.508 e. The first-order chi connectivity index (χ1) is 7.41. The molecule has 1 aromatic rings. The molecule has 1 aromatic carbocycles. The number of carboxylic acid groups (broad SMARTS) is 1. The van der Waals surface area contributed by atoms with E-state index in [1.165, 1.54) is 0 Å². The van der Waals surface area contributed by atoms with Crippen molar-refractivity contribution < 1.29 is 15.0 Å². The second-order valence-electron chi connectivity index (χ2n) is 4.18. The maximum absolute atomic E-state index is 10.6. The Morgan fingerprint density at radius 3 is 2.56 bits per heavy atom. The molecule has 0 fully saturated rings. The van der Waals surface area contributed by atoms with Gasteiger partial charge in [-0.25, -0.2) is 0 Å². The Balaban J connectivity index is 3.01. The van der Waals surface area contributed by atoms with Crippen LogP contribution in [0.25, 0.3) is 0 Å². The van der Waals surface area contributed by atoms with Gasteiger partial charge < -0.3 is 15.9 Å². The van der Waals surface area contributed by atoms with Crippen molar-refractivity contribution in [1.29, 1.82) is 0 Å². The van der Waals surface area contributed by atoms with E-state index < -0.39 is 12.0 Å². The van der Waals surface area contributed by atoms with Gasteiger partial charge in [0.15, 0.2) is 0 Å². The van der Waals surface area contributed by atoms with Gasteiger partial charge in [-0.2, -0.15) is 0 Å². The van der Waals surface area contributed by atoms with Gasteiger partial charge in [-0.05, 0) is 17.5 Å². The van der Waals surface area contributed by atoms with Gasteiger partial charge in [0.25, 0.3) is 0 Å². The molecule has 1 unspecified atom stereocenters. The molecule has 0 heterocycles. The lowest BCUT2D eigenvalue weighted by atomic mass is 9.96. The number of phenols is 1. The molecule has 88 valence electrons. The van der Waals surface area contributed by atoms with Crippen molar-refractivity contribution in [3.63, 3.8) is 0 Å². The number of nitrogens with two attached hydrogens (primary N) is 1. The van der Waals surface area contributed by atoms with E-state index in [0.29, 0.717) is 11.5 Å².